The predicted molar refractivity (Wildman–Crippen MR) is 167 cm³/mol. The molecule has 0 aliphatic rings. The van der Waals surface area contributed by atoms with Crippen LogP contribution in [0.2, 0.25) is 0 Å². The Morgan fingerprint density at radius 2 is 0.900 bits per heavy atom. The lowest BCUT2D eigenvalue weighted by Crippen LogP contribution is -1.99. The molecule has 2 N–H and O–H groups in total. The van der Waals surface area contributed by atoms with Gasteiger partial charge < -0.3 is 10.2 Å². The van der Waals surface area contributed by atoms with Gasteiger partial charge in [0.15, 0.2) is 0 Å². The molecule has 0 bridgehead atoms. The fourth-order valence-corrected chi connectivity index (χ4v) is 5.57. The van der Waals surface area contributed by atoms with Crippen LogP contribution in [0.4, 0.5) is 0 Å². The van der Waals surface area contributed by atoms with Crippen LogP contribution in [-0.2, 0) is 12.8 Å². The molecule has 4 nitrogen and oxygen atoms in total. The Morgan fingerprint density at radius 1 is 0.500 bits per heavy atom. The Labute approximate surface area is 237 Å². The molecule has 0 fully saturated rings. The summed E-state index contributed by atoms with van der Waals surface area (Å²) in [5.41, 5.74) is 8.26. The lowest BCUT2D eigenvalue weighted by atomic mass is 9.95. The zero-order valence-electron chi connectivity index (χ0n) is 23.8. The van der Waals surface area contributed by atoms with Crippen molar-refractivity contribution in [3.63, 3.8) is 0 Å². The Balaban J connectivity index is 1.71. The van der Waals surface area contributed by atoms with E-state index < -0.39 is 0 Å². The van der Waals surface area contributed by atoms with Gasteiger partial charge in [-0.15, -0.1) is 0 Å². The van der Waals surface area contributed by atoms with Crippen LogP contribution in [0.1, 0.15) is 76.3 Å². The van der Waals surface area contributed by atoms with Crippen molar-refractivity contribution in [3.05, 3.63) is 83.9 Å². The van der Waals surface area contributed by atoms with Gasteiger partial charge in [0.25, 0.3) is 0 Å². The second-order valence-corrected chi connectivity index (χ2v) is 10.9. The maximum Gasteiger partial charge on any atom is 0.115 e. The van der Waals surface area contributed by atoms with Gasteiger partial charge in [-0.3, -0.25) is 0 Å². The van der Waals surface area contributed by atoms with Crippen molar-refractivity contribution >= 4 is 21.8 Å². The lowest BCUT2D eigenvalue weighted by molar-refractivity contribution is 0.475. The van der Waals surface area contributed by atoms with Crippen molar-refractivity contribution in [3.8, 4) is 34.0 Å². The lowest BCUT2D eigenvalue weighted by Gasteiger charge is -2.15. The summed E-state index contributed by atoms with van der Waals surface area (Å²) in [5, 5.41) is 22.1. The van der Waals surface area contributed by atoms with Crippen molar-refractivity contribution in [2.45, 2.75) is 78.1 Å². The third-order valence-corrected chi connectivity index (χ3v) is 7.86. The number of hydrogen-bond acceptors (Lipinski definition) is 4. The molecule has 2 aromatic heterocycles. The van der Waals surface area contributed by atoms with Crippen LogP contribution in [-0.4, -0.2) is 20.2 Å². The molecule has 0 unspecified atom stereocenters. The van der Waals surface area contributed by atoms with E-state index in [1.165, 1.54) is 60.4 Å². The topological polar surface area (TPSA) is 66.2 Å². The molecule has 2 heterocycles. The van der Waals surface area contributed by atoms with Gasteiger partial charge in [0.05, 0.1) is 22.4 Å². The summed E-state index contributed by atoms with van der Waals surface area (Å²) in [7, 11) is 0. The van der Waals surface area contributed by atoms with Crippen LogP contribution in [0.3, 0.4) is 0 Å². The summed E-state index contributed by atoms with van der Waals surface area (Å²) in [6.45, 7) is 4.49. The number of phenols is 2. The van der Waals surface area contributed by atoms with Crippen molar-refractivity contribution in [1.82, 2.24) is 9.97 Å². The van der Waals surface area contributed by atoms with Crippen molar-refractivity contribution in [1.29, 1.82) is 0 Å². The molecule has 0 atom stereocenters. The van der Waals surface area contributed by atoms with Gasteiger partial charge in [-0.05, 0) is 97.5 Å². The number of unbranched alkanes of at least 4 members (excludes halogenated alkanes) is 6. The van der Waals surface area contributed by atoms with Crippen molar-refractivity contribution in [2.24, 2.45) is 0 Å². The maximum absolute atomic E-state index is 9.88. The highest BCUT2D eigenvalue weighted by Crippen LogP contribution is 2.34. The number of aromatic nitrogens is 2. The van der Waals surface area contributed by atoms with Gasteiger partial charge in [0.1, 0.15) is 11.5 Å². The second-order valence-electron chi connectivity index (χ2n) is 10.9. The Morgan fingerprint density at radius 3 is 1.27 bits per heavy atom. The summed E-state index contributed by atoms with van der Waals surface area (Å²) in [4.78, 5) is 10.4. The van der Waals surface area contributed by atoms with Gasteiger partial charge in [-0.2, -0.15) is 0 Å². The quantitative estimate of drug-likeness (QED) is 0.124. The number of nitrogens with zero attached hydrogens (tertiary/aromatic N) is 2. The number of rotatable bonds is 12. The number of benzene rings is 3. The molecule has 206 valence electrons. The molecule has 0 spiro atoms. The van der Waals surface area contributed by atoms with Crippen LogP contribution in [0, 0.1) is 0 Å². The molecule has 0 aliphatic heterocycles. The number of phenolic OH excluding ortho intramolecular Hbond substituents is 2. The van der Waals surface area contributed by atoms with Crippen molar-refractivity contribution < 1.29 is 10.2 Å². The molecule has 5 rings (SSSR count). The number of aryl methyl sites for hydroxylation is 2. The van der Waals surface area contributed by atoms with E-state index in [1.54, 1.807) is 24.3 Å². The van der Waals surface area contributed by atoms with E-state index in [9.17, 15) is 10.2 Å². The number of fused-ring (bicyclic) bond motifs is 3. The van der Waals surface area contributed by atoms with Crippen LogP contribution < -0.4 is 0 Å². The molecule has 0 saturated heterocycles. The minimum absolute atomic E-state index is 0.252. The minimum Gasteiger partial charge on any atom is -0.508 e. The Bertz CT molecular complexity index is 1450. The van der Waals surface area contributed by atoms with E-state index in [4.69, 9.17) is 9.97 Å². The van der Waals surface area contributed by atoms with Gasteiger partial charge >= 0.3 is 0 Å². The molecule has 40 heavy (non-hydrogen) atoms. The first-order valence-electron chi connectivity index (χ1n) is 14.9. The summed E-state index contributed by atoms with van der Waals surface area (Å²) < 4.78 is 0. The highest BCUT2D eigenvalue weighted by Gasteiger charge is 2.16. The summed E-state index contributed by atoms with van der Waals surface area (Å²) in [6.07, 6.45) is 11.6. The molecule has 0 amide bonds. The zero-order valence-corrected chi connectivity index (χ0v) is 23.8. The first-order chi connectivity index (χ1) is 19.6. The zero-order chi connectivity index (χ0) is 27.9. The smallest absolute Gasteiger partial charge is 0.115 e. The summed E-state index contributed by atoms with van der Waals surface area (Å²) in [6, 6.07) is 23.6. The molecule has 4 heteroatoms. The van der Waals surface area contributed by atoms with Gasteiger partial charge in [0, 0.05) is 21.9 Å². The second kappa shape index (κ2) is 13.0. The molecule has 0 radical (unpaired) electrons. The van der Waals surface area contributed by atoms with Crippen molar-refractivity contribution in [2.75, 3.05) is 0 Å². The largest absolute Gasteiger partial charge is 0.508 e. The van der Waals surface area contributed by atoms with E-state index >= 15 is 0 Å². The molecule has 0 aliphatic carbocycles. The predicted octanol–water partition coefficient (Wildman–Crippen LogP) is 9.77. The van der Waals surface area contributed by atoms with E-state index in [0.717, 1.165) is 59.2 Å². The van der Waals surface area contributed by atoms with Crippen LogP contribution in [0.5, 0.6) is 11.5 Å². The molecule has 3 aromatic carbocycles. The normalized spacial score (nSPS) is 11.4. The molecular formula is C36H40N2O2. The maximum atomic E-state index is 9.88. The number of aromatic hydroxyl groups is 2. The fourth-order valence-electron chi connectivity index (χ4n) is 5.57. The fraction of sp³-hybridized carbons (Fsp3) is 0.333. The SMILES string of the molecule is CCCCCCc1cc(-c2ccc(O)cc2)nc2c1ccc1c(CCCCCC)cc(-c3ccc(O)cc3)nc12. The molecule has 5 aromatic rings. The minimum atomic E-state index is 0.252. The van der Waals surface area contributed by atoms with Gasteiger partial charge in [0.2, 0.25) is 0 Å². The third-order valence-electron chi connectivity index (χ3n) is 7.86. The van der Waals surface area contributed by atoms with E-state index in [0.29, 0.717) is 0 Å². The van der Waals surface area contributed by atoms with E-state index in [2.05, 4.69) is 38.1 Å². The first kappa shape index (κ1) is 27.6. The van der Waals surface area contributed by atoms with Crippen LogP contribution in [0.25, 0.3) is 44.3 Å². The van der Waals surface area contributed by atoms with Crippen LogP contribution >= 0.6 is 0 Å². The monoisotopic (exact) mass is 532 g/mol. The highest BCUT2D eigenvalue weighted by molar-refractivity contribution is 6.06. The standard InChI is InChI=1S/C36H40N2O2/c1-3-5-7-9-11-27-23-33(25-13-17-29(39)18-14-25)37-35-31(27)21-22-32-28(12-10-8-6-4-2)24-34(38-36(32)35)26-15-19-30(40)20-16-26/h13-24,39-40H,3-12H2,1-2H3. The average Bonchev–Trinajstić information content (AvgIpc) is 2.97. The van der Waals surface area contributed by atoms with E-state index in [1.807, 2.05) is 24.3 Å². The molecular weight excluding hydrogens is 492 g/mol. The Kier molecular flexibility index (Phi) is 8.95. The number of hydrogen-bond donors (Lipinski definition) is 2. The van der Waals surface area contributed by atoms with Crippen LogP contribution in [0.15, 0.2) is 72.8 Å². The summed E-state index contributed by atoms with van der Waals surface area (Å²) >= 11 is 0. The van der Waals surface area contributed by atoms with Gasteiger partial charge in [-0.25, -0.2) is 9.97 Å². The van der Waals surface area contributed by atoms with Gasteiger partial charge in [-0.1, -0.05) is 64.5 Å². The third kappa shape index (κ3) is 6.28. The Hall–Kier alpha value is -3.92. The number of pyridine rings is 2. The molecule has 0 saturated carbocycles. The highest BCUT2D eigenvalue weighted by atomic mass is 16.3. The average molecular weight is 533 g/mol. The van der Waals surface area contributed by atoms with E-state index in [-0.39, 0.29) is 11.5 Å². The first-order valence-corrected chi connectivity index (χ1v) is 14.9. The summed E-state index contributed by atoms with van der Waals surface area (Å²) in [5.74, 6) is 0.505.